The molecule has 0 fully saturated rings. The van der Waals surface area contributed by atoms with E-state index in [0.29, 0.717) is 9.98 Å². The second-order valence-electron chi connectivity index (χ2n) is 6.09. The van der Waals surface area contributed by atoms with Gasteiger partial charge in [-0.1, -0.05) is 0 Å². The third-order valence-corrected chi connectivity index (χ3v) is 9.42. The molecule has 0 saturated heterocycles. The van der Waals surface area contributed by atoms with Crippen molar-refractivity contribution in [2.24, 2.45) is 16.5 Å². The first-order chi connectivity index (χ1) is 10.5. The fourth-order valence-corrected chi connectivity index (χ4v) is 9.09. The zero-order valence-corrected chi connectivity index (χ0v) is 17.2. The van der Waals surface area contributed by atoms with E-state index in [1.165, 1.54) is 44.1 Å². The van der Waals surface area contributed by atoms with Gasteiger partial charge in [-0.3, -0.25) is 0 Å². The number of rotatable bonds is 10. The number of aliphatic imine (C=N–C) groups is 1. The minimum absolute atomic E-state index is 0.161. The average Bonchev–Trinajstić information content (AvgIpc) is 2.47. The van der Waals surface area contributed by atoms with Crippen molar-refractivity contribution in [1.82, 2.24) is 0 Å². The molecule has 4 heteroatoms. The van der Waals surface area contributed by atoms with Gasteiger partial charge in [0.15, 0.2) is 0 Å². The van der Waals surface area contributed by atoms with Gasteiger partial charge in [-0.2, -0.15) is 0 Å². The predicted octanol–water partition coefficient (Wildman–Crippen LogP) is 3.35. The molecule has 0 unspecified atom stereocenters. The first-order valence-corrected chi connectivity index (χ1v) is 11.3. The molecule has 4 N–H and O–H groups in total. The molecule has 1 aromatic carbocycles. The third-order valence-electron chi connectivity index (χ3n) is 3.99. The topological polar surface area (TPSA) is 64.4 Å². The third kappa shape index (κ3) is 6.59. The van der Waals surface area contributed by atoms with E-state index < -0.39 is 21.1 Å². The first-order valence-electron chi connectivity index (χ1n) is 8.47. The zero-order chi connectivity index (χ0) is 16.4. The fraction of sp³-hybridized carbons (Fsp3) is 0.611. The van der Waals surface area contributed by atoms with Crippen LogP contribution in [-0.4, -0.2) is 27.1 Å². The Balaban J connectivity index is 2.81. The molecule has 0 heterocycles. The SMILES string of the molecule is CCC[C](CCC)(CCC)[Sn][c]1ccc(CN=C(N)N)cc1. The van der Waals surface area contributed by atoms with Gasteiger partial charge in [-0.05, 0) is 0 Å². The molecule has 0 saturated carbocycles. The Hall–Kier alpha value is -0.711. The molecule has 0 amide bonds. The van der Waals surface area contributed by atoms with E-state index in [-0.39, 0.29) is 5.96 Å². The summed E-state index contributed by atoms with van der Waals surface area (Å²) in [6.45, 7) is 7.57. The van der Waals surface area contributed by atoms with Crippen molar-refractivity contribution in [3.8, 4) is 0 Å². The van der Waals surface area contributed by atoms with E-state index in [2.05, 4.69) is 50.0 Å². The van der Waals surface area contributed by atoms with Gasteiger partial charge < -0.3 is 0 Å². The summed E-state index contributed by atoms with van der Waals surface area (Å²) in [6, 6.07) is 9.02. The summed E-state index contributed by atoms with van der Waals surface area (Å²) in [7, 11) is 0. The van der Waals surface area contributed by atoms with Crippen LogP contribution in [0.3, 0.4) is 0 Å². The van der Waals surface area contributed by atoms with E-state index >= 15 is 0 Å². The summed E-state index contributed by atoms with van der Waals surface area (Å²) in [4.78, 5) is 4.07. The maximum absolute atomic E-state index is 5.39. The molecule has 0 bridgehead atoms. The van der Waals surface area contributed by atoms with Crippen molar-refractivity contribution in [1.29, 1.82) is 0 Å². The number of nitrogens with two attached hydrogens (primary N) is 2. The molecule has 2 radical (unpaired) electrons. The first kappa shape index (κ1) is 19.3. The van der Waals surface area contributed by atoms with E-state index in [9.17, 15) is 0 Å². The summed E-state index contributed by atoms with van der Waals surface area (Å²) < 4.78 is 2.25. The molecule has 1 rings (SSSR count). The number of nitrogens with zero attached hydrogens (tertiary/aromatic N) is 1. The second-order valence-corrected chi connectivity index (χ2v) is 11.5. The van der Waals surface area contributed by atoms with Gasteiger partial charge in [0.2, 0.25) is 0 Å². The van der Waals surface area contributed by atoms with Crippen LogP contribution in [0.25, 0.3) is 0 Å². The number of hydrogen-bond donors (Lipinski definition) is 2. The van der Waals surface area contributed by atoms with Gasteiger partial charge in [-0.25, -0.2) is 0 Å². The van der Waals surface area contributed by atoms with E-state index in [0.717, 1.165) is 0 Å². The van der Waals surface area contributed by atoms with Crippen molar-refractivity contribution >= 4 is 30.7 Å². The summed E-state index contributed by atoms with van der Waals surface area (Å²) in [5.74, 6) is 0.161. The molecular weight excluding hydrogens is 377 g/mol. The van der Waals surface area contributed by atoms with Crippen molar-refractivity contribution in [3.63, 3.8) is 0 Å². The fourth-order valence-electron chi connectivity index (χ4n) is 3.18. The quantitative estimate of drug-likeness (QED) is 0.355. The van der Waals surface area contributed by atoms with E-state index in [4.69, 9.17) is 11.5 Å². The molecule has 0 aliphatic rings. The zero-order valence-electron chi connectivity index (χ0n) is 14.4. The monoisotopic (exact) mass is 409 g/mol. The molecule has 0 aromatic heterocycles. The van der Waals surface area contributed by atoms with Crippen molar-refractivity contribution in [3.05, 3.63) is 29.8 Å². The van der Waals surface area contributed by atoms with E-state index in [1.807, 2.05) is 0 Å². The molecule has 0 spiro atoms. The molecular formula is C18H31N3Sn. The van der Waals surface area contributed by atoms with Gasteiger partial charge in [-0.15, -0.1) is 0 Å². The summed E-state index contributed by atoms with van der Waals surface area (Å²) in [6.07, 6.45) is 8.13. The van der Waals surface area contributed by atoms with Crippen molar-refractivity contribution < 1.29 is 0 Å². The van der Waals surface area contributed by atoms with Crippen LogP contribution in [-0.2, 0) is 6.54 Å². The molecule has 0 aliphatic heterocycles. The van der Waals surface area contributed by atoms with Crippen LogP contribution in [0.15, 0.2) is 29.3 Å². The number of hydrogen-bond acceptors (Lipinski definition) is 1. The Labute approximate surface area is 146 Å². The van der Waals surface area contributed by atoms with Crippen molar-refractivity contribution in [2.45, 2.75) is 69.3 Å². The summed E-state index contributed by atoms with van der Waals surface area (Å²) in [5, 5.41) is 0. The normalized spacial score (nSPS) is 11.4. The molecule has 22 heavy (non-hydrogen) atoms. The Morgan fingerprint density at radius 2 is 1.45 bits per heavy atom. The van der Waals surface area contributed by atoms with Gasteiger partial charge >= 0.3 is 146 Å². The average molecular weight is 408 g/mol. The molecule has 1 aromatic rings. The van der Waals surface area contributed by atoms with Crippen LogP contribution in [0, 0.1) is 0 Å². The van der Waals surface area contributed by atoms with E-state index in [1.54, 1.807) is 3.58 Å². The molecule has 3 nitrogen and oxygen atoms in total. The number of guanidine groups is 1. The maximum atomic E-state index is 5.39. The van der Waals surface area contributed by atoms with Gasteiger partial charge in [0, 0.05) is 0 Å². The van der Waals surface area contributed by atoms with Crippen LogP contribution in [0.1, 0.15) is 64.9 Å². The predicted molar refractivity (Wildman–Crippen MR) is 98.8 cm³/mol. The Morgan fingerprint density at radius 3 is 1.86 bits per heavy atom. The minimum atomic E-state index is -0.594. The van der Waals surface area contributed by atoms with Gasteiger partial charge in [0.1, 0.15) is 0 Å². The van der Waals surface area contributed by atoms with Crippen molar-refractivity contribution in [2.75, 3.05) is 0 Å². The summed E-state index contributed by atoms with van der Waals surface area (Å²) >= 11 is -0.594. The number of benzene rings is 1. The Kier molecular flexibility index (Phi) is 8.91. The van der Waals surface area contributed by atoms with Crippen LogP contribution < -0.4 is 15.0 Å². The Morgan fingerprint density at radius 1 is 0.955 bits per heavy atom. The standard InChI is InChI=1S/C10H21.C8H10N3.Sn/c1-4-7-10(8-5-2)9-6-3;9-8(10)11-6-7-4-2-1-3-5-7;/h4-9H2,1-3H3;2-5H,6H2,(H4,9,10,11);. The molecule has 0 atom stereocenters. The van der Waals surface area contributed by atoms with Gasteiger partial charge in [0.05, 0.1) is 0 Å². The molecule has 0 aliphatic carbocycles. The Bertz CT molecular complexity index is 433. The van der Waals surface area contributed by atoms with Crippen LogP contribution in [0.4, 0.5) is 0 Å². The van der Waals surface area contributed by atoms with Gasteiger partial charge in [0.25, 0.3) is 0 Å². The molecule has 122 valence electrons. The van der Waals surface area contributed by atoms with Crippen LogP contribution in [0.5, 0.6) is 0 Å². The van der Waals surface area contributed by atoms with Crippen LogP contribution in [0.2, 0.25) is 3.43 Å². The summed E-state index contributed by atoms with van der Waals surface area (Å²) in [5.41, 5.74) is 12.0. The second kappa shape index (κ2) is 10.1. The van der Waals surface area contributed by atoms with Crippen LogP contribution >= 0.6 is 0 Å².